The van der Waals surface area contributed by atoms with Crippen LogP contribution < -0.4 is 5.32 Å². The van der Waals surface area contributed by atoms with E-state index < -0.39 is 11.9 Å². The van der Waals surface area contributed by atoms with Crippen molar-refractivity contribution in [1.82, 2.24) is 5.16 Å². The molecule has 0 radical (unpaired) electrons. The van der Waals surface area contributed by atoms with Gasteiger partial charge in [-0.15, -0.1) is 0 Å². The van der Waals surface area contributed by atoms with Gasteiger partial charge >= 0.3 is 5.97 Å². The molecule has 1 aromatic heterocycles. The summed E-state index contributed by atoms with van der Waals surface area (Å²) in [5.74, 6) is -0.418. The monoisotopic (exact) mass is 308 g/mol. The smallest absolute Gasteiger partial charge is 0.337 e. The van der Waals surface area contributed by atoms with E-state index in [0.29, 0.717) is 22.0 Å². The molecule has 1 N–H and O–H groups in total. The van der Waals surface area contributed by atoms with Crippen molar-refractivity contribution in [2.24, 2.45) is 0 Å². The number of nitrogens with one attached hydrogen (secondary N) is 1. The number of carbonyl (C=O) groups is 2. The van der Waals surface area contributed by atoms with Crippen molar-refractivity contribution in [3.63, 3.8) is 0 Å². The number of halogens is 1. The molecule has 0 spiro atoms. The Hall–Kier alpha value is -2.34. The molecule has 7 heteroatoms. The summed E-state index contributed by atoms with van der Waals surface area (Å²) in [7, 11) is 1.27. The molecule has 0 aliphatic carbocycles. The first-order valence-corrected chi connectivity index (χ1v) is 6.44. The van der Waals surface area contributed by atoms with Crippen LogP contribution in [0, 0.1) is 13.8 Å². The molecule has 2 rings (SSSR count). The van der Waals surface area contributed by atoms with Gasteiger partial charge in [-0.2, -0.15) is 0 Å². The van der Waals surface area contributed by atoms with Gasteiger partial charge in [0.05, 0.1) is 23.4 Å². The third-order valence-electron chi connectivity index (χ3n) is 3.01. The lowest BCUT2D eigenvalue weighted by Gasteiger charge is -2.08. The van der Waals surface area contributed by atoms with Crippen molar-refractivity contribution in [1.29, 1.82) is 0 Å². The SMILES string of the molecule is COC(=O)c1ccc(Cl)c(NC(=O)c2noc(C)c2C)c1. The molecule has 2 aromatic rings. The molecule has 0 fully saturated rings. The predicted molar refractivity (Wildman–Crippen MR) is 76.7 cm³/mol. The molecule has 1 aromatic carbocycles. The summed E-state index contributed by atoms with van der Waals surface area (Å²) in [6.45, 7) is 3.44. The number of rotatable bonds is 3. The van der Waals surface area contributed by atoms with E-state index in [0.717, 1.165) is 0 Å². The lowest BCUT2D eigenvalue weighted by Crippen LogP contribution is -2.14. The molecule has 1 amide bonds. The number of aromatic nitrogens is 1. The Morgan fingerprint density at radius 2 is 2.05 bits per heavy atom. The average Bonchev–Trinajstić information content (AvgIpc) is 2.80. The molecular formula is C14H13ClN2O4. The minimum absolute atomic E-state index is 0.173. The van der Waals surface area contributed by atoms with E-state index in [-0.39, 0.29) is 11.3 Å². The fourth-order valence-corrected chi connectivity index (χ4v) is 1.84. The normalized spacial score (nSPS) is 10.3. The second-order valence-electron chi connectivity index (χ2n) is 4.35. The fraction of sp³-hybridized carbons (Fsp3) is 0.214. The molecule has 6 nitrogen and oxygen atoms in total. The van der Waals surface area contributed by atoms with Gasteiger partial charge in [0, 0.05) is 5.56 Å². The van der Waals surface area contributed by atoms with E-state index in [1.165, 1.54) is 25.3 Å². The van der Waals surface area contributed by atoms with E-state index in [1.54, 1.807) is 13.8 Å². The van der Waals surface area contributed by atoms with Crippen molar-refractivity contribution in [2.45, 2.75) is 13.8 Å². The van der Waals surface area contributed by atoms with Crippen molar-refractivity contribution in [2.75, 3.05) is 12.4 Å². The number of nitrogens with zero attached hydrogens (tertiary/aromatic N) is 1. The van der Waals surface area contributed by atoms with Gasteiger partial charge < -0.3 is 14.6 Å². The number of hydrogen-bond donors (Lipinski definition) is 1. The van der Waals surface area contributed by atoms with Crippen molar-refractivity contribution in [3.05, 3.63) is 45.8 Å². The van der Waals surface area contributed by atoms with E-state index in [4.69, 9.17) is 16.1 Å². The zero-order chi connectivity index (χ0) is 15.6. The Bertz CT molecular complexity index is 709. The first-order valence-electron chi connectivity index (χ1n) is 6.06. The summed E-state index contributed by atoms with van der Waals surface area (Å²) >= 11 is 6.01. The predicted octanol–water partition coefficient (Wildman–Crippen LogP) is 2.98. The van der Waals surface area contributed by atoms with Crippen molar-refractivity contribution in [3.8, 4) is 0 Å². The molecule has 0 saturated heterocycles. The highest BCUT2D eigenvalue weighted by molar-refractivity contribution is 6.34. The summed E-state index contributed by atoms with van der Waals surface area (Å²) in [6.07, 6.45) is 0. The van der Waals surface area contributed by atoms with Gasteiger partial charge in [-0.3, -0.25) is 4.79 Å². The third kappa shape index (κ3) is 3.05. The van der Waals surface area contributed by atoms with Gasteiger partial charge in [-0.25, -0.2) is 4.79 Å². The van der Waals surface area contributed by atoms with E-state index in [2.05, 4.69) is 15.2 Å². The number of methoxy groups -OCH3 is 1. The molecule has 0 saturated carbocycles. The number of aryl methyl sites for hydroxylation is 1. The first kappa shape index (κ1) is 15.1. The maximum atomic E-state index is 12.1. The fourth-order valence-electron chi connectivity index (χ4n) is 1.68. The first-order chi connectivity index (χ1) is 9.93. The topological polar surface area (TPSA) is 81.4 Å². The second-order valence-corrected chi connectivity index (χ2v) is 4.76. The van der Waals surface area contributed by atoms with Crippen LogP contribution in [0.4, 0.5) is 5.69 Å². The van der Waals surface area contributed by atoms with Crippen molar-refractivity contribution < 1.29 is 18.8 Å². The van der Waals surface area contributed by atoms with Crippen LogP contribution in [0.15, 0.2) is 22.7 Å². The minimum atomic E-state index is -0.518. The number of anilines is 1. The molecule has 110 valence electrons. The number of amides is 1. The summed E-state index contributed by atoms with van der Waals surface area (Å²) in [4.78, 5) is 23.6. The van der Waals surface area contributed by atoms with Crippen LogP contribution in [0.5, 0.6) is 0 Å². The standard InChI is InChI=1S/C14H13ClN2O4/c1-7-8(2)21-17-12(7)13(18)16-11-6-9(14(19)20-3)4-5-10(11)15/h4-6H,1-3H3,(H,16,18). The maximum absolute atomic E-state index is 12.1. The lowest BCUT2D eigenvalue weighted by molar-refractivity contribution is 0.0600. The quantitative estimate of drug-likeness (QED) is 0.881. The zero-order valence-electron chi connectivity index (χ0n) is 11.7. The number of ether oxygens (including phenoxy) is 1. The van der Waals surface area contributed by atoms with Gasteiger partial charge in [0.25, 0.3) is 5.91 Å². The Morgan fingerprint density at radius 1 is 1.33 bits per heavy atom. The third-order valence-corrected chi connectivity index (χ3v) is 3.34. The summed E-state index contributed by atoms with van der Waals surface area (Å²) < 4.78 is 9.57. The molecule has 0 aliphatic rings. The van der Waals surface area contributed by atoms with Gasteiger partial charge in [0.15, 0.2) is 5.69 Å². The van der Waals surface area contributed by atoms with Gasteiger partial charge in [-0.1, -0.05) is 16.8 Å². The van der Waals surface area contributed by atoms with Gasteiger partial charge in [-0.05, 0) is 32.0 Å². The van der Waals surface area contributed by atoms with Crippen LogP contribution in [-0.2, 0) is 4.74 Å². The minimum Gasteiger partial charge on any atom is -0.465 e. The highest BCUT2D eigenvalue weighted by Crippen LogP contribution is 2.24. The largest absolute Gasteiger partial charge is 0.465 e. The summed E-state index contributed by atoms with van der Waals surface area (Å²) in [5, 5.41) is 6.59. The number of carbonyl (C=O) groups excluding carboxylic acids is 2. The van der Waals surface area contributed by atoms with Crippen LogP contribution in [0.25, 0.3) is 0 Å². The Balaban J connectivity index is 2.28. The Labute approximate surface area is 126 Å². The Kier molecular flexibility index (Phi) is 4.28. The number of esters is 1. The van der Waals surface area contributed by atoms with Gasteiger partial charge in [0.2, 0.25) is 0 Å². The van der Waals surface area contributed by atoms with E-state index >= 15 is 0 Å². The highest BCUT2D eigenvalue weighted by Gasteiger charge is 2.18. The van der Waals surface area contributed by atoms with Crippen LogP contribution in [0.1, 0.15) is 32.2 Å². The molecule has 0 aliphatic heterocycles. The van der Waals surface area contributed by atoms with Crippen LogP contribution in [0.3, 0.4) is 0 Å². The van der Waals surface area contributed by atoms with Crippen LogP contribution >= 0.6 is 11.6 Å². The molecule has 0 bridgehead atoms. The molecule has 21 heavy (non-hydrogen) atoms. The Morgan fingerprint density at radius 3 is 2.62 bits per heavy atom. The molecule has 1 heterocycles. The average molecular weight is 309 g/mol. The van der Waals surface area contributed by atoms with Crippen molar-refractivity contribution >= 4 is 29.2 Å². The highest BCUT2D eigenvalue weighted by atomic mass is 35.5. The lowest BCUT2D eigenvalue weighted by atomic mass is 10.2. The summed E-state index contributed by atoms with van der Waals surface area (Å²) in [5.41, 5.74) is 1.40. The number of hydrogen-bond acceptors (Lipinski definition) is 5. The molecule has 0 unspecified atom stereocenters. The van der Waals surface area contributed by atoms with E-state index in [9.17, 15) is 9.59 Å². The molecule has 0 atom stereocenters. The summed E-state index contributed by atoms with van der Waals surface area (Å²) in [6, 6.07) is 4.45. The second kappa shape index (κ2) is 5.97. The van der Waals surface area contributed by atoms with Crippen LogP contribution in [0.2, 0.25) is 5.02 Å². The van der Waals surface area contributed by atoms with Crippen LogP contribution in [-0.4, -0.2) is 24.1 Å². The maximum Gasteiger partial charge on any atom is 0.337 e. The number of benzene rings is 1. The van der Waals surface area contributed by atoms with Gasteiger partial charge in [0.1, 0.15) is 5.76 Å². The molecular weight excluding hydrogens is 296 g/mol. The van der Waals surface area contributed by atoms with E-state index in [1.807, 2.05) is 0 Å². The zero-order valence-corrected chi connectivity index (χ0v) is 12.4.